The molecule has 2 N–H and O–H groups in total. The number of nitrogens with zero attached hydrogens (tertiary/aromatic N) is 2. The third-order valence-electron chi connectivity index (χ3n) is 13.1. The van der Waals surface area contributed by atoms with Gasteiger partial charge < -0.3 is 24.4 Å². The van der Waals surface area contributed by atoms with Crippen LogP contribution in [0.3, 0.4) is 0 Å². The van der Waals surface area contributed by atoms with E-state index in [-0.39, 0.29) is 28.7 Å². The Morgan fingerprint density at radius 2 is 1.88 bits per heavy atom. The number of methoxy groups -OCH3 is 2. The standard InChI is InChI=1S/C34H41ClN2O6S.C9H20N2O.CH3F/c1-22-6-4-15-34(20-38,42-3)29-11-8-26(29)18-37-19-33(14-5-7-24-16-27(35)10-12-28(24)33)21-43-31-13-9-25(17-30(31)37)32(39)36-44(40,41)23(22)2;1-3-4-11(5-6-12-2)9-7-10-8-9;1-2/h4,9-10,12-13,15-17,20,22-23,26,29H,5-8,11,14,18-19,21H2,1-3H3,(H,36,39);9-10H,3-8H2,1-2H3;1H3/b15-4+;;/t22-,23+,26-,29+,33-,34+;;/m0../s1. The maximum absolute atomic E-state index is 13.4. The first kappa shape index (κ1) is 46.0. The molecule has 2 bridgehead atoms. The second-order valence-corrected chi connectivity index (χ2v) is 19.0. The number of aryl methyl sites for hydroxylation is 1. The fourth-order valence-electron chi connectivity index (χ4n) is 9.19. The Hall–Kier alpha value is -3.07. The van der Waals surface area contributed by atoms with E-state index in [1.807, 2.05) is 25.1 Å². The summed E-state index contributed by atoms with van der Waals surface area (Å²) in [5.74, 6) is -0.203. The fraction of sp³-hybridized carbons (Fsp3) is 0.636. The van der Waals surface area contributed by atoms with Crippen LogP contribution in [0.25, 0.3) is 0 Å². The lowest BCUT2D eigenvalue weighted by molar-refractivity contribution is -0.135. The molecule has 2 aromatic carbocycles. The van der Waals surface area contributed by atoms with Crippen LogP contribution in [0.1, 0.15) is 80.8 Å². The highest BCUT2D eigenvalue weighted by molar-refractivity contribution is 7.90. The van der Waals surface area contributed by atoms with Crippen LogP contribution in [0, 0.1) is 17.8 Å². The molecule has 11 nitrogen and oxygen atoms in total. The Bertz CT molecular complexity index is 1850. The Labute approximate surface area is 350 Å². The van der Waals surface area contributed by atoms with Gasteiger partial charge in [-0.15, -0.1) is 0 Å². The minimum Gasteiger partial charge on any atom is -0.490 e. The van der Waals surface area contributed by atoms with Crippen LogP contribution in [-0.4, -0.2) is 116 Å². The number of nitrogens with one attached hydrogen (secondary N) is 2. The van der Waals surface area contributed by atoms with Gasteiger partial charge in [0.2, 0.25) is 10.0 Å². The summed E-state index contributed by atoms with van der Waals surface area (Å²) in [7, 11) is -0.140. The molecule has 1 saturated heterocycles. The van der Waals surface area contributed by atoms with Crippen LogP contribution in [-0.2, 0) is 36.1 Å². The van der Waals surface area contributed by atoms with Gasteiger partial charge in [-0.25, -0.2) is 13.1 Å². The van der Waals surface area contributed by atoms with Crippen molar-refractivity contribution >= 4 is 39.5 Å². The van der Waals surface area contributed by atoms with E-state index >= 15 is 0 Å². The van der Waals surface area contributed by atoms with E-state index in [1.54, 1.807) is 39.3 Å². The smallest absolute Gasteiger partial charge is 0.264 e. The topological polar surface area (TPSA) is 127 Å². The summed E-state index contributed by atoms with van der Waals surface area (Å²) in [4.78, 5) is 30.9. The van der Waals surface area contributed by atoms with Crippen LogP contribution in [0.2, 0.25) is 5.02 Å². The zero-order valence-electron chi connectivity index (χ0n) is 35.1. The zero-order chi connectivity index (χ0) is 42.1. The number of benzene rings is 2. The molecule has 58 heavy (non-hydrogen) atoms. The summed E-state index contributed by atoms with van der Waals surface area (Å²) in [6, 6.07) is 12.0. The predicted molar refractivity (Wildman–Crippen MR) is 228 cm³/mol. The van der Waals surface area contributed by atoms with Crippen molar-refractivity contribution in [3.05, 3.63) is 70.3 Å². The fourth-order valence-corrected chi connectivity index (χ4v) is 10.7. The quantitative estimate of drug-likeness (QED) is 0.229. The zero-order valence-corrected chi connectivity index (χ0v) is 36.7. The minimum atomic E-state index is -3.97. The Morgan fingerprint density at radius 3 is 2.52 bits per heavy atom. The van der Waals surface area contributed by atoms with Gasteiger partial charge in [-0.2, -0.15) is 0 Å². The van der Waals surface area contributed by atoms with E-state index < -0.39 is 26.8 Å². The Kier molecular flexibility index (Phi) is 16.2. The molecule has 3 aliphatic heterocycles. The van der Waals surface area contributed by atoms with Crippen molar-refractivity contribution in [3.8, 4) is 5.75 Å². The number of carbonyl (C=O) groups excluding carboxylic acids is 2. The summed E-state index contributed by atoms with van der Waals surface area (Å²) in [5.41, 5.74) is 2.05. The van der Waals surface area contributed by atoms with Crippen molar-refractivity contribution in [1.29, 1.82) is 0 Å². The molecule has 7 rings (SSSR count). The molecule has 14 heteroatoms. The lowest BCUT2D eigenvalue weighted by atomic mass is 9.64. The molecule has 1 saturated carbocycles. The Morgan fingerprint density at radius 1 is 1.10 bits per heavy atom. The number of sulfonamides is 1. The molecule has 2 aromatic rings. The largest absolute Gasteiger partial charge is 0.490 e. The molecular weight excluding hydrogens is 783 g/mol. The van der Waals surface area contributed by atoms with Gasteiger partial charge in [-0.05, 0) is 118 Å². The number of ether oxygens (including phenoxy) is 3. The summed E-state index contributed by atoms with van der Waals surface area (Å²) < 4.78 is 55.9. The molecule has 1 spiro atoms. The lowest BCUT2D eigenvalue weighted by Crippen LogP contribution is -2.57. The third-order valence-corrected chi connectivity index (χ3v) is 15.2. The maximum Gasteiger partial charge on any atom is 0.264 e. The molecule has 5 aliphatic rings. The number of amides is 1. The van der Waals surface area contributed by atoms with Crippen molar-refractivity contribution in [3.63, 3.8) is 0 Å². The summed E-state index contributed by atoms with van der Waals surface area (Å²) in [6.45, 7) is 12.9. The van der Waals surface area contributed by atoms with E-state index in [2.05, 4.69) is 38.9 Å². The number of fused-ring (bicyclic) bond motifs is 4. The highest BCUT2D eigenvalue weighted by atomic mass is 35.5. The lowest BCUT2D eigenvalue weighted by Gasteiger charge is -2.48. The van der Waals surface area contributed by atoms with E-state index in [0.29, 0.717) is 44.1 Å². The Balaban J connectivity index is 0.000000390. The predicted octanol–water partition coefficient (Wildman–Crippen LogP) is 6.37. The van der Waals surface area contributed by atoms with E-state index in [9.17, 15) is 22.4 Å². The normalized spacial score (nSPS) is 29.6. The minimum absolute atomic E-state index is 0.0434. The van der Waals surface area contributed by atoms with Gasteiger partial charge in [0, 0.05) is 74.9 Å². The molecule has 2 aliphatic carbocycles. The molecule has 0 unspecified atom stereocenters. The second-order valence-electron chi connectivity index (χ2n) is 16.5. The van der Waals surface area contributed by atoms with E-state index in [1.165, 1.54) is 24.1 Å². The molecule has 322 valence electrons. The van der Waals surface area contributed by atoms with Crippen LogP contribution >= 0.6 is 11.6 Å². The number of aldehydes is 1. The second kappa shape index (κ2) is 20.5. The molecule has 1 amide bonds. The van der Waals surface area contributed by atoms with Gasteiger partial charge >= 0.3 is 0 Å². The van der Waals surface area contributed by atoms with Crippen molar-refractivity contribution in [2.45, 2.75) is 88.0 Å². The van der Waals surface area contributed by atoms with Crippen LogP contribution in [0.4, 0.5) is 10.1 Å². The number of halogens is 2. The first-order valence-corrected chi connectivity index (χ1v) is 22.7. The first-order valence-electron chi connectivity index (χ1n) is 20.8. The molecule has 6 atom stereocenters. The van der Waals surface area contributed by atoms with Crippen molar-refractivity contribution in [1.82, 2.24) is 14.9 Å². The van der Waals surface area contributed by atoms with E-state index in [0.717, 1.165) is 76.4 Å². The van der Waals surface area contributed by atoms with Crippen molar-refractivity contribution < 1.29 is 36.6 Å². The monoisotopic (exact) mass is 846 g/mol. The maximum atomic E-state index is 13.4. The number of alkyl halides is 1. The molecule has 3 heterocycles. The van der Waals surface area contributed by atoms with Crippen LogP contribution in [0.15, 0.2) is 48.6 Å². The van der Waals surface area contributed by atoms with Gasteiger partial charge in [-0.1, -0.05) is 37.6 Å². The van der Waals surface area contributed by atoms with Crippen LogP contribution in [0.5, 0.6) is 5.75 Å². The van der Waals surface area contributed by atoms with Gasteiger partial charge in [-0.3, -0.25) is 18.9 Å². The van der Waals surface area contributed by atoms with Crippen molar-refractivity contribution in [2.24, 2.45) is 17.8 Å². The van der Waals surface area contributed by atoms with Gasteiger partial charge in [0.1, 0.15) is 11.4 Å². The van der Waals surface area contributed by atoms with Crippen molar-refractivity contribution in [2.75, 3.05) is 78.8 Å². The molecule has 0 aromatic heterocycles. The summed E-state index contributed by atoms with van der Waals surface area (Å²) in [5, 5.41) is 3.17. The highest BCUT2D eigenvalue weighted by Crippen LogP contribution is 2.48. The average Bonchev–Trinajstić information content (AvgIpc) is 3.34. The van der Waals surface area contributed by atoms with Gasteiger partial charge in [0.05, 0.1) is 31.3 Å². The number of hydrogen-bond acceptors (Lipinski definition) is 10. The van der Waals surface area contributed by atoms with Gasteiger partial charge in [0.15, 0.2) is 6.29 Å². The number of allylic oxidation sites excluding steroid dienone is 1. The molecule has 0 radical (unpaired) electrons. The number of rotatable bonds is 8. The number of anilines is 1. The number of carbonyl (C=O) groups is 2. The average molecular weight is 848 g/mol. The SMILES string of the molecule is CCCN(CCOC)C1CNC1.CF.CO[C@@]1(C=O)/C=C/C[C@H](C)[C@@H](C)S(=O)(=O)NC(=O)c2ccc3c(c2)N(C[C@@H]2CC[C@H]21)C[C@@]1(CCCc2cc(Cl)ccc21)CO3. The highest BCUT2D eigenvalue weighted by Gasteiger charge is 2.49. The van der Waals surface area contributed by atoms with Gasteiger partial charge in [0.25, 0.3) is 5.91 Å². The molecular formula is C44H64ClFN4O7S. The summed E-state index contributed by atoms with van der Waals surface area (Å²) in [6.07, 6.45) is 10.9. The molecule has 2 fully saturated rings. The van der Waals surface area contributed by atoms with Crippen LogP contribution < -0.4 is 19.7 Å². The number of hydrogen-bond donors (Lipinski definition) is 2. The van der Waals surface area contributed by atoms with E-state index in [4.69, 9.17) is 25.8 Å². The first-order chi connectivity index (χ1) is 27.9. The summed E-state index contributed by atoms with van der Waals surface area (Å²) >= 11 is 6.40. The third kappa shape index (κ3) is 10.1.